The number of hydrogen-bond acceptors (Lipinski definition) is 2. The number of nitrogens with zero attached hydrogens (tertiary/aromatic N) is 1. The third kappa shape index (κ3) is 2.51. The Bertz CT molecular complexity index is 429. The molecule has 1 aromatic carbocycles. The fourth-order valence-electron chi connectivity index (χ4n) is 1.65. The van der Waals surface area contributed by atoms with Crippen LogP contribution in [0.5, 0.6) is 0 Å². The maximum Gasteiger partial charge on any atom is 0.212 e. The monoisotopic (exact) mass is 215 g/mol. The zero-order valence-electron chi connectivity index (χ0n) is 10.0. The van der Waals surface area contributed by atoms with Gasteiger partial charge in [0.15, 0.2) is 0 Å². The van der Waals surface area contributed by atoms with Crippen LogP contribution in [0, 0.1) is 0 Å². The minimum absolute atomic E-state index is 0.0822. The highest BCUT2D eigenvalue weighted by molar-refractivity contribution is 5.98. The SMILES string of the molecule is CC(=Cc1ccccc1)C1=NC(C)(C)CO1. The molecule has 0 atom stereocenters. The average molecular weight is 215 g/mol. The summed E-state index contributed by atoms with van der Waals surface area (Å²) in [6.45, 7) is 6.86. The normalized spacial score (nSPS) is 19.2. The molecule has 2 nitrogen and oxygen atoms in total. The number of rotatable bonds is 2. The van der Waals surface area contributed by atoms with Crippen LogP contribution in [0.2, 0.25) is 0 Å². The summed E-state index contributed by atoms with van der Waals surface area (Å²) in [5, 5.41) is 0. The van der Waals surface area contributed by atoms with Gasteiger partial charge in [-0.2, -0.15) is 0 Å². The molecule has 0 unspecified atom stereocenters. The summed E-state index contributed by atoms with van der Waals surface area (Å²) >= 11 is 0. The van der Waals surface area contributed by atoms with Crippen molar-refractivity contribution in [1.29, 1.82) is 0 Å². The highest BCUT2D eigenvalue weighted by Gasteiger charge is 2.26. The van der Waals surface area contributed by atoms with Gasteiger partial charge in [0.2, 0.25) is 5.90 Å². The number of hydrogen-bond donors (Lipinski definition) is 0. The molecule has 1 heterocycles. The predicted octanol–water partition coefficient (Wildman–Crippen LogP) is 3.30. The molecule has 1 aliphatic rings. The van der Waals surface area contributed by atoms with Crippen LogP contribution < -0.4 is 0 Å². The van der Waals surface area contributed by atoms with Gasteiger partial charge in [0.1, 0.15) is 6.61 Å². The maximum atomic E-state index is 5.58. The van der Waals surface area contributed by atoms with Crippen molar-refractivity contribution in [3.63, 3.8) is 0 Å². The van der Waals surface area contributed by atoms with E-state index in [9.17, 15) is 0 Å². The second-order valence-corrected chi connectivity index (χ2v) is 4.76. The van der Waals surface area contributed by atoms with Gasteiger partial charge >= 0.3 is 0 Å². The summed E-state index contributed by atoms with van der Waals surface area (Å²) in [5.41, 5.74) is 2.17. The van der Waals surface area contributed by atoms with Crippen LogP contribution in [0.4, 0.5) is 0 Å². The van der Waals surface area contributed by atoms with Gasteiger partial charge in [-0.05, 0) is 32.4 Å². The van der Waals surface area contributed by atoms with E-state index in [0.717, 1.165) is 11.5 Å². The van der Waals surface area contributed by atoms with E-state index in [1.54, 1.807) is 0 Å². The van der Waals surface area contributed by atoms with E-state index in [0.29, 0.717) is 6.61 Å². The molecule has 1 aromatic rings. The van der Waals surface area contributed by atoms with Gasteiger partial charge in [0, 0.05) is 5.57 Å². The summed E-state index contributed by atoms with van der Waals surface area (Å²) in [5.74, 6) is 0.772. The minimum Gasteiger partial charge on any atom is -0.475 e. The Morgan fingerprint density at radius 2 is 2.00 bits per heavy atom. The molecule has 0 radical (unpaired) electrons. The molecule has 2 rings (SSSR count). The van der Waals surface area contributed by atoms with Crippen molar-refractivity contribution < 1.29 is 4.74 Å². The first-order chi connectivity index (χ1) is 7.57. The summed E-state index contributed by atoms with van der Waals surface area (Å²) in [6.07, 6.45) is 2.10. The van der Waals surface area contributed by atoms with Gasteiger partial charge in [-0.1, -0.05) is 30.3 Å². The van der Waals surface area contributed by atoms with Gasteiger partial charge in [-0.3, -0.25) is 0 Å². The zero-order valence-corrected chi connectivity index (χ0v) is 10.0. The van der Waals surface area contributed by atoms with Gasteiger partial charge in [0.25, 0.3) is 0 Å². The molecule has 0 saturated carbocycles. The molecule has 2 heteroatoms. The lowest BCUT2D eigenvalue weighted by molar-refractivity contribution is 0.279. The second-order valence-electron chi connectivity index (χ2n) is 4.76. The smallest absolute Gasteiger partial charge is 0.212 e. The van der Waals surface area contributed by atoms with Crippen molar-refractivity contribution in [2.45, 2.75) is 26.3 Å². The molecule has 0 N–H and O–H groups in total. The lowest BCUT2D eigenvalue weighted by Crippen LogP contribution is -2.17. The Morgan fingerprint density at radius 1 is 1.31 bits per heavy atom. The lowest BCUT2D eigenvalue weighted by Gasteiger charge is -2.07. The summed E-state index contributed by atoms with van der Waals surface area (Å²) in [4.78, 5) is 4.54. The second kappa shape index (κ2) is 4.12. The van der Waals surface area contributed by atoms with Crippen molar-refractivity contribution in [1.82, 2.24) is 0 Å². The van der Waals surface area contributed by atoms with Gasteiger partial charge in [-0.25, -0.2) is 4.99 Å². The molecule has 0 spiro atoms. The topological polar surface area (TPSA) is 21.6 Å². The minimum atomic E-state index is -0.0822. The Hall–Kier alpha value is -1.57. The van der Waals surface area contributed by atoms with Crippen molar-refractivity contribution >= 4 is 12.0 Å². The van der Waals surface area contributed by atoms with Crippen molar-refractivity contribution in [3.05, 3.63) is 41.5 Å². The van der Waals surface area contributed by atoms with Crippen LogP contribution in [0.15, 0.2) is 40.9 Å². The van der Waals surface area contributed by atoms with Crippen LogP contribution in [0.25, 0.3) is 6.08 Å². The molecule has 1 aliphatic heterocycles. The highest BCUT2D eigenvalue weighted by atomic mass is 16.5. The number of ether oxygens (including phenoxy) is 1. The van der Waals surface area contributed by atoms with E-state index in [2.05, 4.69) is 37.0 Å². The number of benzene rings is 1. The summed E-state index contributed by atoms with van der Waals surface area (Å²) in [7, 11) is 0. The molecule has 84 valence electrons. The van der Waals surface area contributed by atoms with Crippen LogP contribution >= 0.6 is 0 Å². The summed E-state index contributed by atoms with van der Waals surface area (Å²) < 4.78 is 5.58. The lowest BCUT2D eigenvalue weighted by atomic mass is 10.1. The number of aliphatic imine (C=N–C) groups is 1. The van der Waals surface area contributed by atoms with E-state index < -0.39 is 0 Å². The Morgan fingerprint density at radius 3 is 2.56 bits per heavy atom. The van der Waals surface area contributed by atoms with Crippen molar-refractivity contribution in [3.8, 4) is 0 Å². The Kier molecular flexibility index (Phi) is 2.82. The molecule has 0 aromatic heterocycles. The van der Waals surface area contributed by atoms with E-state index >= 15 is 0 Å². The first kappa shape index (κ1) is 10.9. The van der Waals surface area contributed by atoms with E-state index in [1.807, 2.05) is 25.1 Å². The fraction of sp³-hybridized carbons (Fsp3) is 0.357. The third-order valence-electron chi connectivity index (χ3n) is 2.49. The molecule has 0 fully saturated rings. The molecular weight excluding hydrogens is 198 g/mol. The van der Waals surface area contributed by atoms with Crippen LogP contribution in [0.3, 0.4) is 0 Å². The predicted molar refractivity (Wildman–Crippen MR) is 67.6 cm³/mol. The third-order valence-corrected chi connectivity index (χ3v) is 2.49. The highest BCUT2D eigenvalue weighted by Crippen LogP contribution is 2.21. The fourth-order valence-corrected chi connectivity index (χ4v) is 1.65. The standard InChI is InChI=1S/C14H17NO/c1-11(9-12-7-5-4-6-8-12)13-15-14(2,3)10-16-13/h4-9H,10H2,1-3H3. The molecular formula is C14H17NO. The quantitative estimate of drug-likeness (QED) is 0.741. The molecule has 0 aliphatic carbocycles. The van der Waals surface area contributed by atoms with Crippen LogP contribution in [-0.2, 0) is 4.74 Å². The van der Waals surface area contributed by atoms with E-state index in [4.69, 9.17) is 4.74 Å². The summed E-state index contributed by atoms with van der Waals surface area (Å²) in [6, 6.07) is 10.2. The Labute approximate surface area is 96.7 Å². The average Bonchev–Trinajstić information content (AvgIpc) is 2.60. The zero-order chi connectivity index (χ0) is 11.6. The van der Waals surface area contributed by atoms with Crippen LogP contribution in [0.1, 0.15) is 26.3 Å². The van der Waals surface area contributed by atoms with Gasteiger partial charge in [0.05, 0.1) is 5.54 Å². The van der Waals surface area contributed by atoms with Crippen LogP contribution in [-0.4, -0.2) is 18.0 Å². The van der Waals surface area contributed by atoms with Gasteiger partial charge in [-0.15, -0.1) is 0 Å². The molecule has 0 amide bonds. The van der Waals surface area contributed by atoms with Crippen molar-refractivity contribution in [2.24, 2.45) is 4.99 Å². The Balaban J connectivity index is 2.21. The first-order valence-corrected chi connectivity index (χ1v) is 5.53. The van der Waals surface area contributed by atoms with Gasteiger partial charge < -0.3 is 4.74 Å². The van der Waals surface area contributed by atoms with E-state index in [1.165, 1.54) is 5.56 Å². The van der Waals surface area contributed by atoms with E-state index in [-0.39, 0.29) is 5.54 Å². The molecule has 0 bridgehead atoms. The maximum absolute atomic E-state index is 5.58. The molecule has 16 heavy (non-hydrogen) atoms. The first-order valence-electron chi connectivity index (χ1n) is 5.53. The molecule has 0 saturated heterocycles. The van der Waals surface area contributed by atoms with Crippen molar-refractivity contribution in [2.75, 3.05) is 6.61 Å². The largest absolute Gasteiger partial charge is 0.475 e.